The predicted octanol–water partition coefficient (Wildman–Crippen LogP) is 3.49. The number of sulfonamides is 1. The Bertz CT molecular complexity index is 561. The summed E-state index contributed by atoms with van der Waals surface area (Å²) in [6.07, 6.45) is 0. The van der Waals surface area contributed by atoms with Crippen LogP contribution in [0.2, 0.25) is 5.02 Å². The van der Waals surface area contributed by atoms with Gasteiger partial charge in [-0.2, -0.15) is 0 Å². The Labute approximate surface area is 123 Å². The molecule has 0 N–H and O–H groups in total. The lowest BCUT2D eigenvalue weighted by molar-refractivity contribution is 0.417. The molecule has 0 spiro atoms. The summed E-state index contributed by atoms with van der Waals surface area (Å²) in [6.45, 7) is 4.15. The highest BCUT2D eigenvalue weighted by Crippen LogP contribution is 2.27. The van der Waals surface area contributed by atoms with E-state index in [1.807, 2.05) is 13.8 Å². The molecule has 0 aliphatic carbocycles. The number of halogens is 3. The van der Waals surface area contributed by atoms with Crippen LogP contribution in [0.5, 0.6) is 0 Å². The van der Waals surface area contributed by atoms with E-state index in [0.717, 1.165) is 6.07 Å². The molecule has 1 aromatic carbocycles. The van der Waals surface area contributed by atoms with Crippen LogP contribution in [0, 0.1) is 11.7 Å². The van der Waals surface area contributed by atoms with Crippen LogP contribution in [-0.4, -0.2) is 26.3 Å². The number of hydrogen-bond acceptors (Lipinski definition) is 2. The number of nitrogens with zero attached hydrogens (tertiary/aromatic N) is 1. The molecule has 0 bridgehead atoms. The van der Waals surface area contributed by atoms with Gasteiger partial charge in [0.1, 0.15) is 5.82 Å². The maximum Gasteiger partial charge on any atom is 0.242 e. The average Bonchev–Trinajstić information content (AvgIpc) is 2.31. The van der Waals surface area contributed by atoms with Crippen LogP contribution in [0.4, 0.5) is 4.39 Å². The van der Waals surface area contributed by atoms with Crippen molar-refractivity contribution in [3.05, 3.63) is 28.5 Å². The average molecular weight is 328 g/mol. The van der Waals surface area contributed by atoms with Gasteiger partial charge in [-0.25, -0.2) is 17.1 Å². The normalized spacial score (nSPS) is 12.4. The summed E-state index contributed by atoms with van der Waals surface area (Å²) >= 11 is 11.3. The first-order valence-corrected chi connectivity index (χ1v) is 8.05. The summed E-state index contributed by atoms with van der Waals surface area (Å²) in [7, 11) is -2.27. The quantitative estimate of drug-likeness (QED) is 0.776. The fourth-order valence-corrected chi connectivity index (χ4v) is 3.51. The molecule has 0 radical (unpaired) electrons. The second-order valence-corrected chi connectivity index (χ2v) is 7.38. The molecule has 0 aliphatic heterocycles. The summed E-state index contributed by atoms with van der Waals surface area (Å²) in [5, 5.41) is -0.138. The molecule has 3 nitrogen and oxygen atoms in total. The van der Waals surface area contributed by atoms with E-state index in [0.29, 0.717) is 6.54 Å². The predicted molar refractivity (Wildman–Crippen MR) is 75.6 cm³/mol. The van der Waals surface area contributed by atoms with Gasteiger partial charge in [0.15, 0.2) is 0 Å². The van der Waals surface area contributed by atoms with Crippen molar-refractivity contribution < 1.29 is 12.8 Å². The van der Waals surface area contributed by atoms with Gasteiger partial charge in [0.05, 0.1) is 9.92 Å². The Morgan fingerprint density at radius 3 is 2.42 bits per heavy atom. The number of benzene rings is 1. The maximum absolute atomic E-state index is 13.6. The van der Waals surface area contributed by atoms with Gasteiger partial charge in [0.2, 0.25) is 10.0 Å². The SMILES string of the molecule is CC(C)CN(C)S(=O)(=O)c1cc(F)c(Cl)c(CCl)c1. The van der Waals surface area contributed by atoms with Crippen LogP contribution < -0.4 is 0 Å². The first-order chi connectivity index (χ1) is 8.70. The molecule has 19 heavy (non-hydrogen) atoms. The lowest BCUT2D eigenvalue weighted by Crippen LogP contribution is -2.30. The van der Waals surface area contributed by atoms with E-state index in [4.69, 9.17) is 23.2 Å². The Morgan fingerprint density at radius 2 is 1.95 bits per heavy atom. The van der Waals surface area contributed by atoms with Gasteiger partial charge in [-0.1, -0.05) is 25.4 Å². The summed E-state index contributed by atoms with van der Waals surface area (Å²) in [6, 6.07) is 2.23. The molecule has 0 saturated carbocycles. The van der Waals surface area contributed by atoms with E-state index >= 15 is 0 Å². The van der Waals surface area contributed by atoms with Crippen LogP contribution >= 0.6 is 23.2 Å². The van der Waals surface area contributed by atoms with Gasteiger partial charge in [0, 0.05) is 19.5 Å². The van der Waals surface area contributed by atoms with Gasteiger partial charge < -0.3 is 0 Å². The minimum atomic E-state index is -3.73. The zero-order valence-corrected chi connectivity index (χ0v) is 13.3. The van der Waals surface area contributed by atoms with Crippen molar-refractivity contribution in [3.8, 4) is 0 Å². The van der Waals surface area contributed by atoms with Gasteiger partial charge in [-0.15, -0.1) is 11.6 Å². The summed E-state index contributed by atoms with van der Waals surface area (Å²) in [4.78, 5) is -0.131. The van der Waals surface area contributed by atoms with Crippen molar-refractivity contribution in [3.63, 3.8) is 0 Å². The monoisotopic (exact) mass is 327 g/mol. The van der Waals surface area contributed by atoms with Gasteiger partial charge >= 0.3 is 0 Å². The second-order valence-electron chi connectivity index (χ2n) is 4.69. The molecular weight excluding hydrogens is 312 g/mol. The maximum atomic E-state index is 13.6. The van der Waals surface area contributed by atoms with E-state index in [1.54, 1.807) is 0 Å². The molecule has 1 rings (SSSR count). The largest absolute Gasteiger partial charge is 0.242 e. The molecule has 0 heterocycles. The molecule has 0 atom stereocenters. The molecular formula is C12H16Cl2FNO2S. The Hall–Kier alpha value is -0.360. The van der Waals surface area contributed by atoms with E-state index in [9.17, 15) is 12.8 Å². The van der Waals surface area contributed by atoms with Crippen molar-refractivity contribution >= 4 is 33.2 Å². The molecule has 0 amide bonds. The van der Waals surface area contributed by atoms with Crippen molar-refractivity contribution in [1.29, 1.82) is 0 Å². The van der Waals surface area contributed by atoms with Gasteiger partial charge in [-0.05, 0) is 23.6 Å². The number of hydrogen-bond donors (Lipinski definition) is 0. The van der Waals surface area contributed by atoms with E-state index in [2.05, 4.69) is 0 Å². The third-order valence-corrected chi connectivity index (χ3v) is 5.06. The topological polar surface area (TPSA) is 37.4 Å². The van der Waals surface area contributed by atoms with Crippen molar-refractivity contribution in [2.45, 2.75) is 24.6 Å². The Balaban J connectivity index is 3.26. The Morgan fingerprint density at radius 1 is 1.37 bits per heavy atom. The van der Waals surface area contributed by atoms with E-state index in [-0.39, 0.29) is 27.3 Å². The van der Waals surface area contributed by atoms with E-state index in [1.165, 1.54) is 17.4 Å². The fourth-order valence-electron chi connectivity index (χ4n) is 1.66. The Kier molecular flexibility index (Phi) is 5.62. The molecule has 0 aromatic heterocycles. The minimum Gasteiger partial charge on any atom is -0.207 e. The van der Waals surface area contributed by atoms with Crippen LogP contribution in [0.1, 0.15) is 19.4 Å². The summed E-state index contributed by atoms with van der Waals surface area (Å²) < 4.78 is 39.3. The van der Waals surface area contributed by atoms with Crippen LogP contribution in [0.15, 0.2) is 17.0 Å². The van der Waals surface area contributed by atoms with Crippen molar-refractivity contribution in [2.75, 3.05) is 13.6 Å². The highest BCUT2D eigenvalue weighted by Gasteiger charge is 2.24. The van der Waals surface area contributed by atoms with Gasteiger partial charge in [0.25, 0.3) is 0 Å². The van der Waals surface area contributed by atoms with Crippen molar-refractivity contribution in [1.82, 2.24) is 4.31 Å². The van der Waals surface area contributed by atoms with Crippen LogP contribution in [0.25, 0.3) is 0 Å². The standard InChI is InChI=1S/C12H16Cl2FNO2S/c1-8(2)7-16(3)19(17,18)10-4-9(6-13)12(14)11(15)5-10/h4-5,8H,6-7H2,1-3H3. The molecule has 0 unspecified atom stereocenters. The molecule has 7 heteroatoms. The first-order valence-electron chi connectivity index (χ1n) is 5.70. The molecule has 108 valence electrons. The highest BCUT2D eigenvalue weighted by atomic mass is 35.5. The molecule has 0 fully saturated rings. The lowest BCUT2D eigenvalue weighted by Gasteiger charge is -2.19. The van der Waals surface area contributed by atoms with Crippen LogP contribution in [0.3, 0.4) is 0 Å². The minimum absolute atomic E-state index is 0.0486. The zero-order valence-electron chi connectivity index (χ0n) is 11.0. The molecule has 0 aliphatic rings. The number of alkyl halides is 1. The number of rotatable bonds is 5. The van der Waals surface area contributed by atoms with Crippen LogP contribution in [-0.2, 0) is 15.9 Å². The van der Waals surface area contributed by atoms with E-state index < -0.39 is 15.8 Å². The second kappa shape index (κ2) is 6.39. The third-order valence-electron chi connectivity index (χ3n) is 2.55. The molecule has 0 saturated heterocycles. The van der Waals surface area contributed by atoms with Crippen molar-refractivity contribution in [2.24, 2.45) is 5.92 Å². The van der Waals surface area contributed by atoms with Gasteiger partial charge in [-0.3, -0.25) is 0 Å². The molecule has 1 aromatic rings. The summed E-state index contributed by atoms with van der Waals surface area (Å²) in [5.74, 6) is -0.659. The zero-order chi connectivity index (χ0) is 14.8. The fraction of sp³-hybridized carbons (Fsp3) is 0.500. The first kappa shape index (κ1) is 16.7. The lowest BCUT2D eigenvalue weighted by atomic mass is 10.2. The third kappa shape index (κ3) is 3.81. The smallest absolute Gasteiger partial charge is 0.207 e. The highest BCUT2D eigenvalue weighted by molar-refractivity contribution is 7.89. The summed E-state index contributed by atoms with van der Waals surface area (Å²) in [5.41, 5.74) is 0.264.